The van der Waals surface area contributed by atoms with Gasteiger partial charge in [0.05, 0.1) is 12.1 Å². The summed E-state index contributed by atoms with van der Waals surface area (Å²) in [5, 5.41) is 0.621. The molecule has 5 rings (SSSR count). The lowest BCUT2D eigenvalue weighted by molar-refractivity contribution is -0.137. The Morgan fingerprint density at radius 3 is 2.27 bits per heavy atom. The average Bonchev–Trinajstić information content (AvgIpc) is 3.30. The molecule has 30 heavy (non-hydrogen) atoms. The zero-order valence-corrected chi connectivity index (χ0v) is 17.0. The van der Waals surface area contributed by atoms with Crippen LogP contribution < -0.4 is 4.90 Å². The van der Waals surface area contributed by atoms with E-state index in [1.54, 1.807) is 12.1 Å². The first-order valence-electron chi connectivity index (χ1n) is 9.89. The molecule has 2 aliphatic rings. The van der Waals surface area contributed by atoms with E-state index >= 15 is 0 Å². The van der Waals surface area contributed by atoms with Crippen LogP contribution in [0.25, 0.3) is 5.57 Å². The molecule has 2 heterocycles. The van der Waals surface area contributed by atoms with Gasteiger partial charge in [0, 0.05) is 17.3 Å². The van der Waals surface area contributed by atoms with Gasteiger partial charge in [-0.05, 0) is 41.3 Å². The number of benzene rings is 3. The van der Waals surface area contributed by atoms with Gasteiger partial charge in [-0.1, -0.05) is 72.3 Å². The fourth-order valence-electron chi connectivity index (χ4n) is 4.17. The van der Waals surface area contributed by atoms with Crippen molar-refractivity contribution in [2.45, 2.75) is 13.0 Å². The summed E-state index contributed by atoms with van der Waals surface area (Å²) in [7, 11) is 0. The van der Waals surface area contributed by atoms with Crippen LogP contribution in [0.1, 0.15) is 16.7 Å². The van der Waals surface area contributed by atoms with Gasteiger partial charge in [-0.2, -0.15) is 0 Å². The Bertz CT molecular complexity index is 1170. The molecule has 0 N–H and O–H groups in total. The standard InChI is InChI=1S/C25H19ClN2O2/c26-20-12-10-17(11-13-20)16-28-24(29)22(19-7-2-1-3-8-19)23(25(28)30)27-15-14-18-6-4-5-9-21(18)27/h1-13H,14-16H2. The normalized spacial score (nSPS) is 15.9. The van der Waals surface area contributed by atoms with Crippen molar-refractivity contribution in [3.8, 4) is 0 Å². The van der Waals surface area contributed by atoms with Crippen LogP contribution in [-0.4, -0.2) is 23.3 Å². The van der Waals surface area contributed by atoms with Gasteiger partial charge in [0.2, 0.25) is 0 Å². The highest BCUT2D eigenvalue weighted by molar-refractivity contribution is 6.36. The maximum Gasteiger partial charge on any atom is 0.278 e. The van der Waals surface area contributed by atoms with Crippen molar-refractivity contribution in [3.05, 3.63) is 106 Å². The van der Waals surface area contributed by atoms with Crippen LogP contribution in [0.4, 0.5) is 5.69 Å². The number of hydrogen-bond donors (Lipinski definition) is 0. The molecular formula is C25H19ClN2O2. The van der Waals surface area contributed by atoms with Gasteiger partial charge in [-0.15, -0.1) is 0 Å². The first kappa shape index (κ1) is 18.6. The molecule has 3 aromatic carbocycles. The molecule has 0 radical (unpaired) electrons. The number of carbonyl (C=O) groups is 2. The Balaban J connectivity index is 1.59. The number of rotatable bonds is 4. The topological polar surface area (TPSA) is 40.6 Å². The fraction of sp³-hybridized carbons (Fsp3) is 0.120. The Hall–Kier alpha value is -3.37. The third-order valence-corrected chi connectivity index (χ3v) is 5.87. The number of imide groups is 1. The molecule has 0 unspecified atom stereocenters. The highest BCUT2D eigenvalue weighted by atomic mass is 35.5. The summed E-state index contributed by atoms with van der Waals surface area (Å²) in [5.41, 5.74) is 4.73. The quantitative estimate of drug-likeness (QED) is 0.582. The van der Waals surface area contributed by atoms with Crippen LogP contribution in [0.5, 0.6) is 0 Å². The summed E-state index contributed by atoms with van der Waals surface area (Å²) < 4.78 is 0. The zero-order chi connectivity index (χ0) is 20.7. The number of halogens is 1. The molecule has 0 bridgehead atoms. The van der Waals surface area contributed by atoms with Gasteiger partial charge < -0.3 is 4.90 Å². The van der Waals surface area contributed by atoms with E-state index in [0.717, 1.165) is 23.2 Å². The Morgan fingerprint density at radius 2 is 1.50 bits per heavy atom. The molecule has 5 heteroatoms. The third-order valence-electron chi connectivity index (χ3n) is 5.62. The first-order valence-corrected chi connectivity index (χ1v) is 10.3. The third kappa shape index (κ3) is 3.10. The largest absolute Gasteiger partial charge is 0.336 e. The maximum atomic E-state index is 13.5. The molecule has 0 atom stereocenters. The second-order valence-corrected chi connectivity index (χ2v) is 7.88. The predicted molar refractivity (Wildman–Crippen MR) is 118 cm³/mol. The minimum absolute atomic E-state index is 0.212. The summed E-state index contributed by atoms with van der Waals surface area (Å²) in [4.78, 5) is 30.3. The van der Waals surface area contributed by atoms with Crippen molar-refractivity contribution in [2.24, 2.45) is 0 Å². The van der Waals surface area contributed by atoms with Gasteiger partial charge in [0.1, 0.15) is 5.70 Å². The number of amides is 2. The molecule has 2 amide bonds. The molecule has 3 aromatic rings. The van der Waals surface area contributed by atoms with Gasteiger partial charge in [0.15, 0.2) is 0 Å². The molecule has 0 aliphatic carbocycles. The van der Waals surface area contributed by atoms with Crippen LogP contribution in [0, 0.1) is 0 Å². The highest BCUT2D eigenvalue weighted by Crippen LogP contribution is 2.38. The Labute approximate surface area is 180 Å². The number of fused-ring (bicyclic) bond motifs is 1. The summed E-state index contributed by atoms with van der Waals surface area (Å²) in [6.45, 7) is 0.892. The lowest BCUT2D eigenvalue weighted by Gasteiger charge is -2.22. The predicted octanol–water partition coefficient (Wildman–Crippen LogP) is 4.68. The minimum Gasteiger partial charge on any atom is -0.336 e. The molecule has 0 fully saturated rings. The lowest BCUT2D eigenvalue weighted by Crippen LogP contribution is -2.34. The smallest absolute Gasteiger partial charge is 0.278 e. The van der Waals surface area contributed by atoms with E-state index < -0.39 is 0 Å². The van der Waals surface area contributed by atoms with Crippen molar-refractivity contribution in [1.29, 1.82) is 0 Å². The second kappa shape index (κ2) is 7.47. The summed E-state index contributed by atoms with van der Waals surface area (Å²) in [5.74, 6) is -0.522. The van der Waals surface area contributed by atoms with Crippen LogP contribution >= 0.6 is 11.6 Å². The number of hydrogen-bond acceptors (Lipinski definition) is 3. The fourth-order valence-corrected chi connectivity index (χ4v) is 4.29. The minimum atomic E-state index is -0.263. The molecule has 0 saturated heterocycles. The maximum absolute atomic E-state index is 13.5. The first-order chi connectivity index (χ1) is 14.6. The summed E-state index contributed by atoms with van der Waals surface area (Å²) in [6.07, 6.45) is 0.848. The lowest BCUT2D eigenvalue weighted by atomic mass is 10.0. The van der Waals surface area contributed by atoms with E-state index in [0.29, 0.717) is 22.8 Å². The zero-order valence-electron chi connectivity index (χ0n) is 16.2. The molecule has 2 aliphatic heterocycles. The van der Waals surface area contributed by atoms with Gasteiger partial charge in [0.25, 0.3) is 11.8 Å². The molecule has 0 spiro atoms. The van der Waals surface area contributed by atoms with E-state index in [1.165, 1.54) is 10.5 Å². The molecule has 148 valence electrons. The second-order valence-electron chi connectivity index (χ2n) is 7.44. The molecular weight excluding hydrogens is 396 g/mol. The van der Waals surface area contributed by atoms with Crippen molar-refractivity contribution in [3.63, 3.8) is 0 Å². The molecule has 0 saturated carbocycles. The van der Waals surface area contributed by atoms with Crippen LogP contribution in [0.15, 0.2) is 84.6 Å². The SMILES string of the molecule is O=C1C(c2ccccc2)=C(N2CCc3ccccc32)C(=O)N1Cc1ccc(Cl)cc1. The van der Waals surface area contributed by atoms with Crippen molar-refractivity contribution >= 4 is 34.7 Å². The van der Waals surface area contributed by atoms with E-state index in [9.17, 15) is 9.59 Å². The van der Waals surface area contributed by atoms with E-state index in [1.807, 2.05) is 65.6 Å². The van der Waals surface area contributed by atoms with Crippen LogP contribution in [0.2, 0.25) is 5.02 Å². The molecule has 4 nitrogen and oxygen atoms in total. The van der Waals surface area contributed by atoms with Crippen LogP contribution in [0.3, 0.4) is 0 Å². The number of anilines is 1. The average molecular weight is 415 g/mol. The monoisotopic (exact) mass is 414 g/mol. The van der Waals surface area contributed by atoms with E-state index in [2.05, 4.69) is 6.07 Å². The van der Waals surface area contributed by atoms with Gasteiger partial charge >= 0.3 is 0 Å². The van der Waals surface area contributed by atoms with E-state index in [4.69, 9.17) is 11.6 Å². The highest BCUT2D eigenvalue weighted by Gasteiger charge is 2.43. The molecule has 0 aromatic heterocycles. The van der Waals surface area contributed by atoms with Gasteiger partial charge in [-0.25, -0.2) is 0 Å². The number of carbonyl (C=O) groups excluding carboxylic acids is 2. The van der Waals surface area contributed by atoms with E-state index in [-0.39, 0.29) is 18.4 Å². The number of para-hydroxylation sites is 1. The van der Waals surface area contributed by atoms with Gasteiger partial charge in [-0.3, -0.25) is 14.5 Å². The van der Waals surface area contributed by atoms with Crippen molar-refractivity contribution in [2.75, 3.05) is 11.4 Å². The van der Waals surface area contributed by atoms with Crippen molar-refractivity contribution in [1.82, 2.24) is 4.90 Å². The van der Waals surface area contributed by atoms with Crippen molar-refractivity contribution < 1.29 is 9.59 Å². The van der Waals surface area contributed by atoms with Crippen LogP contribution in [-0.2, 0) is 22.6 Å². The Kier molecular flexibility index (Phi) is 4.64. The summed E-state index contributed by atoms with van der Waals surface area (Å²) >= 11 is 5.98. The summed E-state index contributed by atoms with van der Waals surface area (Å²) in [6, 6.07) is 24.7. The Morgan fingerprint density at radius 1 is 0.800 bits per heavy atom. The number of nitrogens with zero attached hydrogens (tertiary/aromatic N) is 2.